The molecule has 4 aromatic rings. The van der Waals surface area contributed by atoms with Crippen molar-refractivity contribution in [2.45, 2.75) is 24.9 Å². The maximum absolute atomic E-state index is 12.8. The minimum atomic E-state index is -0.589. The molecular formula is C38H36O10. The van der Waals surface area contributed by atoms with Gasteiger partial charge in [-0.2, -0.15) is 0 Å². The van der Waals surface area contributed by atoms with Gasteiger partial charge in [0.2, 0.25) is 0 Å². The lowest BCUT2D eigenvalue weighted by Crippen LogP contribution is -2.17. The highest BCUT2D eigenvalue weighted by atomic mass is 16.5. The third-order valence-electron chi connectivity index (χ3n) is 7.77. The number of carbonyl (C=O) groups excluding carboxylic acids is 2. The fourth-order valence-electron chi connectivity index (χ4n) is 5.32. The first-order chi connectivity index (χ1) is 23.2. The first-order valence-corrected chi connectivity index (χ1v) is 15.3. The summed E-state index contributed by atoms with van der Waals surface area (Å²) >= 11 is 0. The van der Waals surface area contributed by atoms with E-state index in [1.807, 2.05) is 12.1 Å². The Kier molecular flexibility index (Phi) is 10.9. The number of benzene rings is 4. The van der Waals surface area contributed by atoms with Crippen molar-refractivity contribution in [3.8, 4) is 34.5 Å². The van der Waals surface area contributed by atoms with Crippen LogP contribution in [0.2, 0.25) is 0 Å². The second-order valence-electron chi connectivity index (χ2n) is 11.0. The highest BCUT2D eigenvalue weighted by molar-refractivity contribution is 5.87. The lowest BCUT2D eigenvalue weighted by atomic mass is 9.90. The first kappa shape index (κ1) is 33.5. The molecule has 1 aliphatic rings. The molecule has 0 fully saturated rings. The van der Waals surface area contributed by atoms with E-state index in [0.29, 0.717) is 29.9 Å². The van der Waals surface area contributed by atoms with Gasteiger partial charge in [0.25, 0.3) is 0 Å². The molecule has 1 aliphatic heterocycles. The van der Waals surface area contributed by atoms with Crippen LogP contribution in [0.15, 0.2) is 91.0 Å². The van der Waals surface area contributed by atoms with Gasteiger partial charge in [-0.3, -0.25) is 0 Å². The molecule has 248 valence electrons. The van der Waals surface area contributed by atoms with Crippen LogP contribution in [-0.2, 0) is 25.5 Å². The van der Waals surface area contributed by atoms with Crippen LogP contribution in [0, 0.1) is 0 Å². The van der Waals surface area contributed by atoms with Crippen LogP contribution in [0.4, 0.5) is 0 Å². The van der Waals surface area contributed by atoms with Gasteiger partial charge in [0.05, 0.1) is 26.7 Å². The van der Waals surface area contributed by atoms with E-state index in [1.54, 1.807) is 55.7 Å². The molecule has 5 rings (SSSR count). The number of phenols is 3. The van der Waals surface area contributed by atoms with Crippen molar-refractivity contribution >= 4 is 24.1 Å². The molecule has 48 heavy (non-hydrogen) atoms. The third kappa shape index (κ3) is 8.47. The maximum atomic E-state index is 12.8. The molecule has 10 nitrogen and oxygen atoms in total. The molecule has 0 saturated carbocycles. The summed E-state index contributed by atoms with van der Waals surface area (Å²) in [6, 6.07) is 21.6. The summed E-state index contributed by atoms with van der Waals surface area (Å²) in [7, 11) is 3.01. The van der Waals surface area contributed by atoms with Crippen LogP contribution in [0.1, 0.15) is 46.3 Å². The van der Waals surface area contributed by atoms with Crippen molar-refractivity contribution in [3.63, 3.8) is 0 Å². The molecule has 2 unspecified atom stereocenters. The smallest absolute Gasteiger partial charge is 0.330 e. The molecule has 2 atom stereocenters. The summed E-state index contributed by atoms with van der Waals surface area (Å²) in [5.41, 5.74) is 3.89. The first-order valence-electron chi connectivity index (χ1n) is 15.3. The van der Waals surface area contributed by atoms with Gasteiger partial charge in [-0.25, -0.2) is 9.59 Å². The van der Waals surface area contributed by atoms with Gasteiger partial charge in [-0.15, -0.1) is 0 Å². The standard InChI is InChI=1S/C38H36O10/c1-44-33-22-27(11-16-32(33)41)37-31(23-47-36(43)18-10-25-7-14-29(40)15-8-25)30-20-26(21-34(45-2)38(30)48-37)4-3-19-46-35(42)17-9-24-5-12-28(39)13-6-24/h5-18,20-22,31,37,39-41H,3-4,19,23H2,1-2H3. The van der Waals surface area contributed by atoms with Crippen LogP contribution in [-0.4, -0.2) is 54.7 Å². The number of fused-ring (bicyclic) bond motifs is 1. The van der Waals surface area contributed by atoms with Crippen LogP contribution in [0.25, 0.3) is 12.2 Å². The number of esters is 2. The van der Waals surface area contributed by atoms with Crippen LogP contribution in [0.3, 0.4) is 0 Å². The number of hydrogen-bond acceptors (Lipinski definition) is 10. The number of hydrogen-bond donors (Lipinski definition) is 3. The van der Waals surface area contributed by atoms with E-state index in [4.69, 9.17) is 23.7 Å². The van der Waals surface area contributed by atoms with Gasteiger partial charge < -0.3 is 39.0 Å². The summed E-state index contributed by atoms with van der Waals surface area (Å²) in [5, 5.41) is 29.1. The molecule has 4 aromatic carbocycles. The molecule has 0 spiro atoms. The van der Waals surface area contributed by atoms with Gasteiger partial charge in [0.1, 0.15) is 24.2 Å². The largest absolute Gasteiger partial charge is 0.508 e. The lowest BCUT2D eigenvalue weighted by molar-refractivity contribution is -0.139. The number of aryl methyl sites for hydroxylation is 1. The number of carbonyl (C=O) groups is 2. The Hall–Kier alpha value is -5.90. The number of ether oxygens (including phenoxy) is 5. The molecule has 10 heteroatoms. The van der Waals surface area contributed by atoms with Crippen LogP contribution >= 0.6 is 0 Å². The van der Waals surface area contributed by atoms with E-state index in [1.165, 1.54) is 49.6 Å². The van der Waals surface area contributed by atoms with E-state index in [-0.39, 0.29) is 36.2 Å². The summed E-state index contributed by atoms with van der Waals surface area (Å²) in [6.45, 7) is 0.177. The van der Waals surface area contributed by atoms with E-state index in [2.05, 4.69) is 0 Å². The monoisotopic (exact) mass is 652 g/mol. The van der Waals surface area contributed by atoms with Crippen LogP contribution < -0.4 is 14.2 Å². The van der Waals surface area contributed by atoms with Crippen molar-refractivity contribution in [1.82, 2.24) is 0 Å². The second-order valence-corrected chi connectivity index (χ2v) is 11.0. The van der Waals surface area contributed by atoms with Gasteiger partial charge in [-0.05, 0) is 89.7 Å². The number of methoxy groups -OCH3 is 2. The zero-order chi connectivity index (χ0) is 34.0. The Balaban J connectivity index is 1.30. The molecule has 0 bridgehead atoms. The molecule has 0 aromatic heterocycles. The normalized spacial score (nSPS) is 15.2. The quantitative estimate of drug-likeness (QED) is 0.0835. The predicted octanol–water partition coefficient (Wildman–Crippen LogP) is 6.48. The molecule has 0 radical (unpaired) electrons. The van der Waals surface area contributed by atoms with Crippen molar-refractivity contribution in [3.05, 3.63) is 119 Å². The van der Waals surface area contributed by atoms with E-state index in [0.717, 1.165) is 22.3 Å². The van der Waals surface area contributed by atoms with E-state index in [9.17, 15) is 24.9 Å². The average molecular weight is 653 g/mol. The Bertz CT molecular complexity index is 1790. The minimum Gasteiger partial charge on any atom is -0.508 e. The maximum Gasteiger partial charge on any atom is 0.330 e. The summed E-state index contributed by atoms with van der Waals surface area (Å²) in [5.74, 6) is 0.0955. The van der Waals surface area contributed by atoms with Crippen molar-refractivity contribution in [1.29, 1.82) is 0 Å². The van der Waals surface area contributed by atoms with Gasteiger partial charge in [0, 0.05) is 17.7 Å². The molecule has 0 saturated heterocycles. The van der Waals surface area contributed by atoms with Crippen molar-refractivity contribution < 1.29 is 48.6 Å². The van der Waals surface area contributed by atoms with Gasteiger partial charge in [-0.1, -0.05) is 36.4 Å². The Labute approximate surface area is 278 Å². The third-order valence-corrected chi connectivity index (χ3v) is 7.77. The van der Waals surface area contributed by atoms with E-state index >= 15 is 0 Å². The fraction of sp³-hybridized carbons (Fsp3) is 0.211. The number of rotatable bonds is 13. The summed E-state index contributed by atoms with van der Waals surface area (Å²) in [6.07, 6.45) is 6.39. The summed E-state index contributed by atoms with van der Waals surface area (Å²) < 4.78 is 28.5. The fourth-order valence-corrected chi connectivity index (χ4v) is 5.32. The van der Waals surface area contributed by atoms with Crippen molar-refractivity contribution in [2.75, 3.05) is 27.4 Å². The lowest BCUT2D eigenvalue weighted by Gasteiger charge is -2.20. The topological polar surface area (TPSA) is 141 Å². The van der Waals surface area contributed by atoms with Crippen molar-refractivity contribution in [2.24, 2.45) is 0 Å². The highest BCUT2D eigenvalue weighted by Gasteiger charge is 2.39. The minimum absolute atomic E-state index is 0.0167. The summed E-state index contributed by atoms with van der Waals surface area (Å²) in [4.78, 5) is 25.0. The Morgan fingerprint density at radius 1 is 0.750 bits per heavy atom. The molecular weight excluding hydrogens is 616 g/mol. The molecule has 0 aliphatic carbocycles. The molecule has 1 heterocycles. The zero-order valence-corrected chi connectivity index (χ0v) is 26.5. The Morgan fingerprint density at radius 3 is 1.96 bits per heavy atom. The van der Waals surface area contributed by atoms with Gasteiger partial charge >= 0.3 is 11.9 Å². The number of phenolic OH excluding ortho intramolecular Hbond substituents is 3. The van der Waals surface area contributed by atoms with Gasteiger partial charge in [0.15, 0.2) is 23.0 Å². The average Bonchev–Trinajstić information content (AvgIpc) is 3.46. The van der Waals surface area contributed by atoms with Crippen LogP contribution in [0.5, 0.6) is 34.5 Å². The highest BCUT2D eigenvalue weighted by Crippen LogP contribution is 2.51. The van der Waals surface area contributed by atoms with E-state index < -0.39 is 24.0 Å². The molecule has 3 N–H and O–H groups in total. The zero-order valence-electron chi connectivity index (χ0n) is 26.5. The predicted molar refractivity (Wildman–Crippen MR) is 178 cm³/mol. The second kappa shape index (κ2) is 15.6. The SMILES string of the molecule is COc1cc(C2Oc3c(OC)cc(CCCOC(=O)C=Cc4ccc(O)cc4)cc3C2COC(=O)C=Cc2ccc(O)cc2)ccc1O. The molecule has 0 amide bonds. The Morgan fingerprint density at radius 2 is 1.35 bits per heavy atom. The number of aromatic hydroxyl groups is 3.